The van der Waals surface area contributed by atoms with Crippen molar-refractivity contribution in [1.29, 1.82) is 0 Å². The van der Waals surface area contributed by atoms with Gasteiger partial charge in [0.25, 0.3) is 0 Å². The van der Waals surface area contributed by atoms with Gasteiger partial charge in [0.2, 0.25) is 0 Å². The standard InChI is InChI=1S/C21H15BN/c1-4-10-16(11-5-1)19-20(17-12-6-2-7-13-17)22-23-21(19)18-14-8-3-9-15-18/h1-15H. The van der Waals surface area contributed by atoms with Crippen LogP contribution in [0.25, 0.3) is 11.0 Å². The number of hydrogen-bond donors (Lipinski definition) is 0. The fourth-order valence-electron chi connectivity index (χ4n) is 2.93. The Bertz CT molecular complexity index is 865. The Kier molecular flexibility index (Phi) is 3.65. The summed E-state index contributed by atoms with van der Waals surface area (Å²) in [5.74, 6) is 0. The van der Waals surface area contributed by atoms with E-state index in [2.05, 4.69) is 72.8 Å². The molecule has 1 aliphatic rings. The van der Waals surface area contributed by atoms with Crippen molar-refractivity contribution in [3.05, 3.63) is 108 Å². The van der Waals surface area contributed by atoms with Crippen molar-refractivity contribution in [2.24, 2.45) is 4.90 Å². The zero-order valence-corrected chi connectivity index (χ0v) is 12.7. The summed E-state index contributed by atoms with van der Waals surface area (Å²) in [6.45, 7) is 0. The van der Waals surface area contributed by atoms with Crippen LogP contribution in [0.4, 0.5) is 0 Å². The Morgan fingerprint density at radius 2 is 1.00 bits per heavy atom. The number of hydrogen-bond acceptors (Lipinski definition) is 1. The normalized spacial score (nSPS) is 13.7. The number of nitrogens with zero attached hydrogens (tertiary/aromatic N) is 1. The van der Waals surface area contributed by atoms with E-state index >= 15 is 0 Å². The number of allylic oxidation sites excluding steroid dienone is 1. The molecule has 0 bridgehead atoms. The van der Waals surface area contributed by atoms with Crippen LogP contribution in [0.5, 0.6) is 0 Å². The minimum absolute atomic E-state index is 1.04. The molecule has 1 radical (unpaired) electrons. The molecule has 1 nitrogen and oxygen atoms in total. The van der Waals surface area contributed by atoms with Gasteiger partial charge in [-0.3, -0.25) is 0 Å². The van der Waals surface area contributed by atoms with E-state index in [9.17, 15) is 0 Å². The first-order valence-corrected chi connectivity index (χ1v) is 7.75. The lowest BCUT2D eigenvalue weighted by Gasteiger charge is -2.12. The average molecular weight is 292 g/mol. The molecule has 107 valence electrons. The molecule has 0 aromatic heterocycles. The van der Waals surface area contributed by atoms with Gasteiger partial charge in [0.1, 0.15) is 0 Å². The van der Waals surface area contributed by atoms with Gasteiger partial charge in [-0.1, -0.05) is 91.0 Å². The maximum Gasteiger partial charge on any atom is 0.314 e. The van der Waals surface area contributed by atoms with Crippen LogP contribution < -0.4 is 0 Å². The van der Waals surface area contributed by atoms with Gasteiger partial charge >= 0.3 is 7.41 Å². The predicted octanol–water partition coefficient (Wildman–Crippen LogP) is 4.68. The largest absolute Gasteiger partial charge is 0.341 e. The minimum Gasteiger partial charge on any atom is -0.341 e. The summed E-state index contributed by atoms with van der Waals surface area (Å²) in [5, 5.41) is 0. The highest BCUT2D eigenvalue weighted by atomic mass is 14.7. The maximum atomic E-state index is 4.74. The van der Waals surface area contributed by atoms with Gasteiger partial charge in [0.05, 0.1) is 5.71 Å². The topological polar surface area (TPSA) is 12.4 Å². The molecule has 4 rings (SSSR count). The van der Waals surface area contributed by atoms with E-state index in [-0.39, 0.29) is 0 Å². The Balaban J connectivity index is 1.91. The first-order chi connectivity index (χ1) is 11.4. The summed E-state index contributed by atoms with van der Waals surface area (Å²) in [6, 6.07) is 31.3. The third-order valence-corrected chi connectivity index (χ3v) is 4.02. The van der Waals surface area contributed by atoms with Crippen molar-refractivity contribution >= 4 is 24.2 Å². The molecule has 1 aliphatic heterocycles. The second-order valence-corrected chi connectivity index (χ2v) is 5.49. The van der Waals surface area contributed by atoms with E-state index < -0.39 is 0 Å². The van der Waals surface area contributed by atoms with E-state index in [0.29, 0.717) is 0 Å². The predicted molar refractivity (Wildman–Crippen MR) is 98.4 cm³/mol. The number of benzene rings is 3. The fourth-order valence-corrected chi connectivity index (χ4v) is 2.93. The van der Waals surface area contributed by atoms with Gasteiger partial charge in [-0.25, -0.2) is 0 Å². The van der Waals surface area contributed by atoms with Gasteiger partial charge in [-0.2, -0.15) is 0 Å². The van der Waals surface area contributed by atoms with Crippen molar-refractivity contribution in [2.45, 2.75) is 0 Å². The van der Waals surface area contributed by atoms with Crippen LogP contribution in [-0.2, 0) is 0 Å². The van der Waals surface area contributed by atoms with E-state index in [1.54, 1.807) is 0 Å². The molecule has 1 heterocycles. The van der Waals surface area contributed by atoms with Crippen molar-refractivity contribution in [3.8, 4) is 0 Å². The van der Waals surface area contributed by atoms with Gasteiger partial charge in [-0.15, -0.1) is 0 Å². The highest BCUT2D eigenvalue weighted by Crippen LogP contribution is 2.33. The first-order valence-electron chi connectivity index (χ1n) is 7.75. The third kappa shape index (κ3) is 2.64. The van der Waals surface area contributed by atoms with Crippen LogP contribution >= 0.6 is 0 Å². The highest BCUT2D eigenvalue weighted by molar-refractivity contribution is 6.73. The monoisotopic (exact) mass is 292 g/mol. The summed E-state index contributed by atoms with van der Waals surface area (Å²) >= 11 is 0. The fraction of sp³-hybridized carbons (Fsp3) is 0. The second kappa shape index (κ2) is 6.09. The van der Waals surface area contributed by atoms with Crippen LogP contribution in [0, 0.1) is 0 Å². The summed E-state index contributed by atoms with van der Waals surface area (Å²) in [7, 11) is 1.99. The lowest BCUT2D eigenvalue weighted by molar-refractivity contribution is 1.60. The van der Waals surface area contributed by atoms with Crippen LogP contribution in [-0.4, -0.2) is 13.1 Å². The first kappa shape index (κ1) is 13.8. The SMILES string of the molecule is [B]1N=C(c2ccccc2)C(c2ccccc2)=C1c1ccccc1. The minimum atomic E-state index is 1.04. The zero-order valence-electron chi connectivity index (χ0n) is 12.7. The molecule has 0 unspecified atom stereocenters. The third-order valence-electron chi connectivity index (χ3n) is 4.02. The number of rotatable bonds is 3. The molecular weight excluding hydrogens is 277 g/mol. The summed E-state index contributed by atoms with van der Waals surface area (Å²) < 4.78 is 0. The van der Waals surface area contributed by atoms with Gasteiger partial charge < -0.3 is 4.90 Å². The van der Waals surface area contributed by atoms with E-state index in [1.807, 2.05) is 25.6 Å². The maximum absolute atomic E-state index is 4.74. The zero-order chi connectivity index (χ0) is 15.5. The van der Waals surface area contributed by atoms with Crippen molar-refractivity contribution in [3.63, 3.8) is 0 Å². The van der Waals surface area contributed by atoms with E-state index in [1.165, 1.54) is 22.2 Å². The molecule has 3 aromatic rings. The molecule has 2 heteroatoms. The Labute approximate surface area is 137 Å². The van der Waals surface area contributed by atoms with Crippen LogP contribution in [0.15, 0.2) is 95.9 Å². The summed E-state index contributed by atoms with van der Waals surface area (Å²) in [4.78, 5) is 4.74. The lowest BCUT2D eigenvalue weighted by Crippen LogP contribution is -2.02. The molecule has 0 atom stereocenters. The molecule has 0 amide bonds. The van der Waals surface area contributed by atoms with Crippen LogP contribution in [0.1, 0.15) is 16.7 Å². The Hall–Kier alpha value is -2.87. The highest BCUT2D eigenvalue weighted by Gasteiger charge is 2.23. The molecule has 0 fully saturated rings. The van der Waals surface area contributed by atoms with Gasteiger partial charge in [0, 0.05) is 5.57 Å². The van der Waals surface area contributed by atoms with Crippen molar-refractivity contribution in [1.82, 2.24) is 0 Å². The Morgan fingerprint density at radius 1 is 0.522 bits per heavy atom. The molecule has 0 spiro atoms. The van der Waals surface area contributed by atoms with Crippen LogP contribution in [0.3, 0.4) is 0 Å². The molecule has 3 aromatic carbocycles. The van der Waals surface area contributed by atoms with E-state index in [4.69, 9.17) is 4.90 Å². The van der Waals surface area contributed by atoms with E-state index in [0.717, 1.165) is 11.3 Å². The van der Waals surface area contributed by atoms with Gasteiger partial charge in [-0.05, 0) is 22.2 Å². The lowest BCUT2D eigenvalue weighted by atomic mass is 9.76. The second-order valence-electron chi connectivity index (χ2n) is 5.49. The average Bonchev–Trinajstić information content (AvgIpc) is 3.09. The molecule has 0 aliphatic carbocycles. The van der Waals surface area contributed by atoms with Crippen molar-refractivity contribution in [2.75, 3.05) is 0 Å². The molecule has 0 saturated carbocycles. The van der Waals surface area contributed by atoms with Crippen LogP contribution in [0.2, 0.25) is 0 Å². The molecule has 0 saturated heterocycles. The van der Waals surface area contributed by atoms with Gasteiger partial charge in [0.15, 0.2) is 0 Å². The molecular formula is C21H15BN. The quantitative estimate of drug-likeness (QED) is 0.622. The Morgan fingerprint density at radius 3 is 1.57 bits per heavy atom. The smallest absolute Gasteiger partial charge is 0.314 e. The van der Waals surface area contributed by atoms with Crippen molar-refractivity contribution < 1.29 is 0 Å². The summed E-state index contributed by atoms with van der Waals surface area (Å²) in [6.07, 6.45) is 0. The molecule has 0 N–H and O–H groups in total. The molecule has 23 heavy (non-hydrogen) atoms. The summed E-state index contributed by atoms with van der Waals surface area (Å²) in [5.41, 5.74) is 6.95.